The van der Waals surface area contributed by atoms with Gasteiger partial charge in [0.15, 0.2) is 0 Å². The van der Waals surface area contributed by atoms with Crippen LogP contribution in [0, 0.1) is 19.8 Å². The summed E-state index contributed by atoms with van der Waals surface area (Å²) in [5, 5.41) is 3.99. The van der Waals surface area contributed by atoms with E-state index < -0.39 is 0 Å². The second kappa shape index (κ2) is 7.42. The standard InChI is InChI=1S/C19H27N3O3/c1-4-5-6-7-18(23)21-10-15-8-9-16(11-21)22(19(15)24)12-17-13(2)20-25-14(17)3/h5-6,15-16H,4,7-12H2,1-3H3/t15-,16+/m0/s1. The summed E-state index contributed by atoms with van der Waals surface area (Å²) < 4.78 is 5.24. The summed E-state index contributed by atoms with van der Waals surface area (Å²) in [6.45, 7) is 7.54. The van der Waals surface area contributed by atoms with Crippen molar-refractivity contribution in [3.05, 3.63) is 29.2 Å². The van der Waals surface area contributed by atoms with E-state index in [1.54, 1.807) is 0 Å². The number of aromatic nitrogens is 1. The zero-order valence-corrected chi connectivity index (χ0v) is 15.3. The van der Waals surface area contributed by atoms with E-state index in [4.69, 9.17) is 4.52 Å². The van der Waals surface area contributed by atoms with Crippen LogP contribution in [0.2, 0.25) is 0 Å². The highest BCUT2D eigenvalue weighted by molar-refractivity contribution is 5.83. The van der Waals surface area contributed by atoms with Crippen molar-refractivity contribution < 1.29 is 14.1 Å². The van der Waals surface area contributed by atoms with Crippen LogP contribution in [-0.4, -0.2) is 45.9 Å². The number of piperidine rings is 1. The lowest BCUT2D eigenvalue weighted by Gasteiger charge is -2.35. The molecular weight excluding hydrogens is 318 g/mol. The Morgan fingerprint density at radius 2 is 2.08 bits per heavy atom. The van der Waals surface area contributed by atoms with Crippen molar-refractivity contribution in [3.63, 3.8) is 0 Å². The van der Waals surface area contributed by atoms with Crippen molar-refractivity contribution in [1.82, 2.24) is 15.0 Å². The number of amides is 2. The maximum Gasteiger partial charge on any atom is 0.228 e. The number of rotatable bonds is 5. The number of allylic oxidation sites excluding steroid dienone is 1. The Labute approximate surface area is 148 Å². The van der Waals surface area contributed by atoms with Gasteiger partial charge in [-0.05, 0) is 33.1 Å². The van der Waals surface area contributed by atoms with E-state index in [1.165, 1.54) is 0 Å². The number of carbonyl (C=O) groups is 2. The first-order valence-electron chi connectivity index (χ1n) is 9.16. The summed E-state index contributed by atoms with van der Waals surface area (Å²) in [6.07, 6.45) is 7.12. The van der Waals surface area contributed by atoms with Crippen molar-refractivity contribution in [2.45, 2.75) is 59.0 Å². The van der Waals surface area contributed by atoms with Gasteiger partial charge in [0.25, 0.3) is 0 Å². The van der Waals surface area contributed by atoms with Crippen LogP contribution in [0.15, 0.2) is 16.7 Å². The van der Waals surface area contributed by atoms with Crippen LogP contribution in [-0.2, 0) is 16.1 Å². The van der Waals surface area contributed by atoms with E-state index in [0.717, 1.165) is 36.3 Å². The van der Waals surface area contributed by atoms with Crippen LogP contribution in [0.25, 0.3) is 0 Å². The highest BCUT2D eigenvalue weighted by Gasteiger charge is 2.42. The van der Waals surface area contributed by atoms with Gasteiger partial charge in [-0.15, -0.1) is 0 Å². The summed E-state index contributed by atoms with van der Waals surface area (Å²) in [5.41, 5.74) is 1.83. The molecule has 3 aliphatic rings. The molecule has 0 spiro atoms. The molecule has 0 radical (unpaired) electrons. The zero-order valence-electron chi connectivity index (χ0n) is 15.3. The SMILES string of the molecule is CCC=CCC(=O)N1C[C@@H]2CC[C@H](C1)N(Cc1c(C)noc1C)C2=O. The molecule has 25 heavy (non-hydrogen) atoms. The quantitative estimate of drug-likeness (QED) is 0.770. The van der Waals surface area contributed by atoms with E-state index >= 15 is 0 Å². The molecule has 6 heteroatoms. The molecule has 2 atom stereocenters. The fourth-order valence-electron chi connectivity index (χ4n) is 3.83. The maximum atomic E-state index is 12.9. The second-order valence-electron chi connectivity index (χ2n) is 7.08. The minimum atomic E-state index is -0.0849. The minimum absolute atomic E-state index is 0.0825. The Morgan fingerprint density at radius 1 is 1.28 bits per heavy atom. The summed E-state index contributed by atoms with van der Waals surface area (Å²) >= 11 is 0. The van der Waals surface area contributed by atoms with Crippen LogP contribution in [0.3, 0.4) is 0 Å². The van der Waals surface area contributed by atoms with Crippen LogP contribution >= 0.6 is 0 Å². The van der Waals surface area contributed by atoms with E-state index in [2.05, 4.69) is 12.1 Å². The summed E-state index contributed by atoms with van der Waals surface area (Å²) in [6, 6.07) is 0.0825. The fourth-order valence-corrected chi connectivity index (χ4v) is 3.83. The minimum Gasteiger partial charge on any atom is -0.361 e. The molecule has 0 saturated carbocycles. The number of aryl methyl sites for hydroxylation is 2. The highest BCUT2D eigenvalue weighted by atomic mass is 16.5. The number of nitrogens with zero attached hydrogens (tertiary/aromatic N) is 3. The molecule has 0 N–H and O–H groups in total. The van der Waals surface area contributed by atoms with Gasteiger partial charge in [0.05, 0.1) is 18.2 Å². The topological polar surface area (TPSA) is 66.7 Å². The Kier molecular flexibility index (Phi) is 5.25. The van der Waals surface area contributed by atoms with Gasteiger partial charge in [0, 0.05) is 31.1 Å². The number of fused-ring (bicyclic) bond motifs is 4. The third-order valence-corrected chi connectivity index (χ3v) is 5.35. The molecule has 0 aliphatic carbocycles. The Bertz CT molecular complexity index is 660. The van der Waals surface area contributed by atoms with Crippen molar-refractivity contribution in [2.75, 3.05) is 13.1 Å². The molecule has 3 aliphatic heterocycles. The summed E-state index contributed by atoms with van der Waals surface area (Å²) in [7, 11) is 0. The molecule has 2 bridgehead atoms. The van der Waals surface area contributed by atoms with E-state index in [0.29, 0.717) is 26.1 Å². The largest absolute Gasteiger partial charge is 0.361 e. The van der Waals surface area contributed by atoms with Crippen molar-refractivity contribution in [3.8, 4) is 0 Å². The Balaban J connectivity index is 1.75. The molecular formula is C19H27N3O3. The van der Waals surface area contributed by atoms with Gasteiger partial charge in [-0.1, -0.05) is 24.2 Å². The van der Waals surface area contributed by atoms with Crippen LogP contribution in [0.1, 0.15) is 49.6 Å². The first-order valence-corrected chi connectivity index (χ1v) is 9.16. The molecule has 1 aromatic heterocycles. The zero-order chi connectivity index (χ0) is 18.0. The Morgan fingerprint density at radius 3 is 2.76 bits per heavy atom. The van der Waals surface area contributed by atoms with Gasteiger partial charge < -0.3 is 14.3 Å². The van der Waals surface area contributed by atoms with Crippen molar-refractivity contribution >= 4 is 11.8 Å². The first-order chi connectivity index (χ1) is 12.0. The van der Waals surface area contributed by atoms with Gasteiger partial charge >= 0.3 is 0 Å². The predicted molar refractivity (Wildman–Crippen MR) is 93.7 cm³/mol. The second-order valence-corrected chi connectivity index (χ2v) is 7.08. The molecule has 136 valence electrons. The lowest BCUT2D eigenvalue weighted by Crippen LogP contribution is -2.47. The molecule has 4 rings (SSSR count). The normalized spacial score (nSPS) is 23.6. The molecule has 3 fully saturated rings. The molecule has 0 unspecified atom stereocenters. The van der Waals surface area contributed by atoms with Crippen LogP contribution in [0.4, 0.5) is 0 Å². The van der Waals surface area contributed by atoms with E-state index in [9.17, 15) is 9.59 Å². The predicted octanol–water partition coefficient (Wildman–Crippen LogP) is 2.60. The monoisotopic (exact) mass is 345 g/mol. The smallest absolute Gasteiger partial charge is 0.228 e. The highest BCUT2D eigenvalue weighted by Crippen LogP contribution is 2.31. The molecule has 6 nitrogen and oxygen atoms in total. The van der Waals surface area contributed by atoms with Gasteiger partial charge in [-0.25, -0.2) is 0 Å². The average Bonchev–Trinajstić information content (AvgIpc) is 2.78. The molecule has 3 saturated heterocycles. The van der Waals surface area contributed by atoms with Gasteiger partial charge in [0.1, 0.15) is 5.76 Å². The first kappa shape index (κ1) is 17.7. The van der Waals surface area contributed by atoms with E-state index in [-0.39, 0.29) is 23.8 Å². The molecule has 1 aromatic rings. The number of carbonyl (C=O) groups excluding carboxylic acids is 2. The van der Waals surface area contributed by atoms with Crippen LogP contribution in [0.5, 0.6) is 0 Å². The molecule has 4 heterocycles. The lowest BCUT2D eigenvalue weighted by atomic mass is 9.93. The van der Waals surface area contributed by atoms with Crippen molar-refractivity contribution in [2.24, 2.45) is 5.92 Å². The third kappa shape index (κ3) is 3.62. The third-order valence-electron chi connectivity index (χ3n) is 5.35. The average molecular weight is 345 g/mol. The lowest BCUT2D eigenvalue weighted by molar-refractivity contribution is -0.140. The van der Waals surface area contributed by atoms with Gasteiger partial charge in [-0.2, -0.15) is 0 Å². The number of hydrogen-bond acceptors (Lipinski definition) is 4. The summed E-state index contributed by atoms with van der Waals surface area (Å²) in [5.74, 6) is 0.964. The Hall–Kier alpha value is -2.11. The maximum absolute atomic E-state index is 12.9. The number of hydrogen-bond donors (Lipinski definition) is 0. The van der Waals surface area contributed by atoms with Gasteiger partial charge in [0.2, 0.25) is 11.8 Å². The van der Waals surface area contributed by atoms with Crippen LogP contribution < -0.4 is 0 Å². The van der Waals surface area contributed by atoms with Gasteiger partial charge in [-0.3, -0.25) is 9.59 Å². The summed E-state index contributed by atoms with van der Waals surface area (Å²) in [4.78, 5) is 29.2. The van der Waals surface area contributed by atoms with Crippen molar-refractivity contribution in [1.29, 1.82) is 0 Å². The molecule has 2 amide bonds. The fraction of sp³-hybridized carbons (Fsp3) is 0.632. The molecule has 0 aromatic carbocycles. The van der Waals surface area contributed by atoms with E-state index in [1.807, 2.05) is 35.8 Å².